The summed E-state index contributed by atoms with van der Waals surface area (Å²) in [5, 5.41) is 37.2. The lowest BCUT2D eigenvalue weighted by molar-refractivity contribution is -0.152. The molecule has 0 saturated carbocycles. The highest BCUT2D eigenvalue weighted by Crippen LogP contribution is 2.22. The molecule has 0 saturated heterocycles. The predicted octanol–water partition coefficient (Wildman–Crippen LogP) is 4.77. The van der Waals surface area contributed by atoms with Crippen LogP contribution in [0.5, 0.6) is 0 Å². The van der Waals surface area contributed by atoms with Gasteiger partial charge in [0.1, 0.15) is 24.9 Å². The van der Waals surface area contributed by atoms with Crippen molar-refractivity contribution in [1.29, 1.82) is 0 Å². The molecule has 0 amide bonds. The van der Waals surface area contributed by atoms with Crippen LogP contribution in [0.1, 0.15) is 105 Å². The van der Waals surface area contributed by atoms with Gasteiger partial charge in [0.2, 0.25) is 0 Å². The maximum absolute atomic E-state index is 11.8. The van der Waals surface area contributed by atoms with Crippen molar-refractivity contribution in [3.8, 4) is 0 Å². The van der Waals surface area contributed by atoms with Crippen LogP contribution in [0.4, 0.5) is 0 Å². The van der Waals surface area contributed by atoms with Gasteiger partial charge in [-0.25, -0.2) is 0 Å². The van der Waals surface area contributed by atoms with Gasteiger partial charge in [-0.05, 0) is 43.9 Å². The van der Waals surface area contributed by atoms with Crippen molar-refractivity contribution >= 4 is 5.97 Å². The summed E-state index contributed by atoms with van der Waals surface area (Å²) in [5.74, 6) is 1.95. The van der Waals surface area contributed by atoms with E-state index in [1.54, 1.807) is 0 Å². The van der Waals surface area contributed by atoms with E-state index in [1.807, 2.05) is 0 Å². The normalized spacial score (nSPS) is 17.0. The Morgan fingerprint density at radius 1 is 0.818 bits per heavy atom. The Balaban J connectivity index is 3.86. The van der Waals surface area contributed by atoms with Crippen molar-refractivity contribution in [3.05, 3.63) is 11.6 Å². The molecule has 0 aromatic heterocycles. The minimum absolute atomic E-state index is 0.203. The van der Waals surface area contributed by atoms with E-state index >= 15 is 0 Å². The highest BCUT2D eigenvalue weighted by atomic mass is 16.5. The lowest BCUT2D eigenvalue weighted by atomic mass is 9.91. The Bertz CT molecular complexity index is 519. The van der Waals surface area contributed by atoms with Gasteiger partial charge in [-0.1, -0.05) is 84.3 Å². The lowest BCUT2D eigenvalue weighted by Crippen LogP contribution is -2.42. The van der Waals surface area contributed by atoms with Crippen molar-refractivity contribution in [2.24, 2.45) is 17.8 Å². The van der Waals surface area contributed by atoms with Gasteiger partial charge in [-0.15, -0.1) is 0 Å². The van der Waals surface area contributed by atoms with Gasteiger partial charge < -0.3 is 25.2 Å². The molecule has 0 radical (unpaired) electrons. The molecule has 4 N–H and O–H groups in total. The van der Waals surface area contributed by atoms with Crippen LogP contribution < -0.4 is 0 Å². The van der Waals surface area contributed by atoms with E-state index in [0.717, 1.165) is 30.6 Å². The smallest absolute Gasteiger partial charge is 0.306 e. The van der Waals surface area contributed by atoms with Gasteiger partial charge in [0.25, 0.3) is 0 Å². The molecule has 0 heterocycles. The van der Waals surface area contributed by atoms with E-state index < -0.39 is 37.5 Å². The van der Waals surface area contributed by atoms with Crippen LogP contribution >= 0.6 is 0 Å². The number of hydrogen-bond donors (Lipinski definition) is 4. The summed E-state index contributed by atoms with van der Waals surface area (Å²) in [5.41, 5.74) is 1.27. The van der Waals surface area contributed by atoms with Gasteiger partial charge in [-0.2, -0.15) is 0 Å². The van der Waals surface area contributed by atoms with Crippen molar-refractivity contribution in [2.45, 2.75) is 124 Å². The Morgan fingerprint density at radius 2 is 1.36 bits per heavy atom. The first kappa shape index (κ1) is 32.0. The van der Waals surface area contributed by atoms with Gasteiger partial charge in [-0.3, -0.25) is 4.79 Å². The number of aliphatic hydroxyl groups excluding tert-OH is 4. The summed E-state index contributed by atoms with van der Waals surface area (Å²) in [6.07, 6.45) is 9.87. The van der Waals surface area contributed by atoms with Gasteiger partial charge in [0.15, 0.2) is 0 Å². The minimum Gasteiger partial charge on any atom is -0.463 e. The standard InChI is InChI=1S/C27H52O6/c1-20(2)10-6-11-21(3)12-7-13-22(4)14-8-15-23(5)16-9-17-26(31)33-19-25(30)27(32)24(29)18-28/h16,20-22,24-25,27-30,32H,6-15,17-19H2,1-5H3/b23-16+. The van der Waals surface area contributed by atoms with Crippen LogP contribution in [0.15, 0.2) is 11.6 Å². The molecule has 0 rings (SSSR count). The third kappa shape index (κ3) is 18.1. The average molecular weight is 473 g/mol. The molecule has 6 nitrogen and oxygen atoms in total. The Hall–Kier alpha value is -0.950. The molecular weight excluding hydrogens is 420 g/mol. The number of rotatable bonds is 20. The van der Waals surface area contributed by atoms with Gasteiger partial charge >= 0.3 is 5.97 Å². The van der Waals surface area contributed by atoms with E-state index in [-0.39, 0.29) is 6.42 Å². The number of aliphatic hydroxyl groups is 4. The molecule has 0 aliphatic carbocycles. The van der Waals surface area contributed by atoms with Crippen LogP contribution in [0.3, 0.4) is 0 Å². The number of carbonyl (C=O) groups excluding carboxylic acids is 1. The fraction of sp³-hybridized carbons (Fsp3) is 0.889. The van der Waals surface area contributed by atoms with E-state index in [0.29, 0.717) is 6.42 Å². The van der Waals surface area contributed by atoms with Crippen LogP contribution in [0, 0.1) is 17.8 Å². The largest absolute Gasteiger partial charge is 0.463 e. The summed E-state index contributed by atoms with van der Waals surface area (Å²) in [7, 11) is 0. The minimum atomic E-state index is -1.55. The SMILES string of the molecule is C/C(=C\CCC(=O)OCC(O)C(O)C(O)CO)CCCC(C)CCCC(C)CCCC(C)C. The molecule has 5 atom stereocenters. The van der Waals surface area contributed by atoms with Crippen molar-refractivity contribution in [2.75, 3.05) is 13.2 Å². The Morgan fingerprint density at radius 3 is 1.91 bits per heavy atom. The molecule has 6 heteroatoms. The first-order valence-electron chi connectivity index (χ1n) is 13.0. The molecule has 0 fully saturated rings. The fourth-order valence-electron chi connectivity index (χ4n) is 3.96. The second-order valence-electron chi connectivity index (χ2n) is 10.4. The molecule has 0 aliphatic heterocycles. The highest BCUT2D eigenvalue weighted by molar-refractivity contribution is 5.69. The predicted molar refractivity (Wildman–Crippen MR) is 134 cm³/mol. The molecule has 33 heavy (non-hydrogen) atoms. The van der Waals surface area contributed by atoms with Crippen LogP contribution in [-0.4, -0.2) is 57.9 Å². The summed E-state index contributed by atoms with van der Waals surface area (Å²) in [6, 6.07) is 0. The topological polar surface area (TPSA) is 107 Å². The number of esters is 1. The lowest BCUT2D eigenvalue weighted by Gasteiger charge is -2.21. The van der Waals surface area contributed by atoms with Crippen molar-refractivity contribution in [3.63, 3.8) is 0 Å². The first-order valence-corrected chi connectivity index (χ1v) is 13.0. The van der Waals surface area contributed by atoms with Crippen LogP contribution in [0.25, 0.3) is 0 Å². The molecular formula is C27H52O6. The quantitative estimate of drug-likeness (QED) is 0.150. The number of hydrogen-bond acceptors (Lipinski definition) is 6. The first-order chi connectivity index (χ1) is 15.6. The number of carbonyl (C=O) groups is 1. The van der Waals surface area contributed by atoms with Crippen LogP contribution in [-0.2, 0) is 9.53 Å². The van der Waals surface area contributed by atoms with Crippen molar-refractivity contribution < 1.29 is 30.0 Å². The molecule has 0 spiro atoms. The zero-order chi connectivity index (χ0) is 25.2. The van der Waals surface area contributed by atoms with Crippen LogP contribution in [0.2, 0.25) is 0 Å². The van der Waals surface area contributed by atoms with Gasteiger partial charge in [0, 0.05) is 6.42 Å². The molecule has 0 bridgehead atoms. The fourth-order valence-corrected chi connectivity index (χ4v) is 3.96. The molecule has 196 valence electrons. The third-order valence-corrected chi connectivity index (χ3v) is 6.37. The van der Waals surface area contributed by atoms with Gasteiger partial charge in [0.05, 0.1) is 6.61 Å². The number of allylic oxidation sites excluding steroid dienone is 2. The summed E-state index contributed by atoms with van der Waals surface area (Å²) in [6.45, 7) is 10.3. The second-order valence-corrected chi connectivity index (χ2v) is 10.4. The third-order valence-electron chi connectivity index (χ3n) is 6.37. The number of ether oxygens (including phenoxy) is 1. The van der Waals surface area contributed by atoms with E-state index in [2.05, 4.69) is 40.7 Å². The zero-order valence-corrected chi connectivity index (χ0v) is 21.8. The maximum Gasteiger partial charge on any atom is 0.306 e. The molecule has 0 aromatic carbocycles. The average Bonchev–Trinajstić information content (AvgIpc) is 2.76. The molecule has 0 aliphatic rings. The van der Waals surface area contributed by atoms with E-state index in [4.69, 9.17) is 9.84 Å². The molecule has 5 unspecified atom stereocenters. The summed E-state index contributed by atoms with van der Waals surface area (Å²) < 4.78 is 4.93. The van der Waals surface area contributed by atoms with E-state index in [1.165, 1.54) is 50.5 Å². The second kappa shape index (κ2) is 19.4. The monoisotopic (exact) mass is 472 g/mol. The van der Waals surface area contributed by atoms with E-state index in [9.17, 15) is 20.1 Å². The summed E-state index contributed by atoms with van der Waals surface area (Å²) in [4.78, 5) is 11.8. The highest BCUT2D eigenvalue weighted by Gasteiger charge is 2.25. The Kier molecular flexibility index (Phi) is 18.8. The zero-order valence-electron chi connectivity index (χ0n) is 21.8. The summed E-state index contributed by atoms with van der Waals surface area (Å²) >= 11 is 0. The molecule has 0 aromatic rings. The van der Waals surface area contributed by atoms with Crippen molar-refractivity contribution in [1.82, 2.24) is 0 Å². The Labute approximate surface area is 202 Å². The maximum atomic E-state index is 11.8.